The molecule has 0 aromatic heterocycles. The molecule has 17 heavy (non-hydrogen) atoms. The van der Waals surface area contributed by atoms with Gasteiger partial charge in [-0.15, -0.1) is 6.58 Å². The molecule has 0 heterocycles. The summed E-state index contributed by atoms with van der Waals surface area (Å²) in [6.07, 6.45) is 1.39. The van der Waals surface area contributed by atoms with Gasteiger partial charge in [-0.1, -0.05) is 50.3 Å². The Labute approximate surface area is 104 Å². The molecule has 0 fully saturated rings. The minimum absolute atomic E-state index is 0.102. The highest BCUT2D eigenvalue weighted by atomic mass is 16.5. The highest BCUT2D eigenvalue weighted by molar-refractivity contribution is 5.13. The summed E-state index contributed by atoms with van der Waals surface area (Å²) >= 11 is 0. The van der Waals surface area contributed by atoms with Crippen LogP contribution in [-0.4, -0.2) is 17.8 Å². The van der Waals surface area contributed by atoms with Gasteiger partial charge in [0.2, 0.25) is 0 Å². The predicted molar refractivity (Wildman–Crippen MR) is 70.6 cm³/mol. The lowest BCUT2D eigenvalue weighted by molar-refractivity contribution is 0.0134. The molecule has 1 aromatic carbocycles. The molecule has 94 valence electrons. The zero-order valence-electron chi connectivity index (χ0n) is 10.7. The summed E-state index contributed by atoms with van der Waals surface area (Å²) in [5.74, 6) is 0.219. The first-order valence-corrected chi connectivity index (χ1v) is 6.07. The number of hydrogen-bond donors (Lipinski definition) is 1. The van der Waals surface area contributed by atoms with Crippen LogP contribution < -0.4 is 0 Å². The van der Waals surface area contributed by atoms with Gasteiger partial charge in [-0.25, -0.2) is 0 Å². The van der Waals surface area contributed by atoms with Crippen molar-refractivity contribution in [3.8, 4) is 0 Å². The molecule has 1 N–H and O–H groups in total. The van der Waals surface area contributed by atoms with Crippen LogP contribution in [0, 0.1) is 11.8 Å². The van der Waals surface area contributed by atoms with Crippen molar-refractivity contribution in [1.29, 1.82) is 0 Å². The average Bonchev–Trinajstić information content (AvgIpc) is 2.38. The lowest BCUT2D eigenvalue weighted by Crippen LogP contribution is -2.27. The van der Waals surface area contributed by atoms with E-state index in [1.165, 1.54) is 0 Å². The van der Waals surface area contributed by atoms with Crippen LogP contribution >= 0.6 is 0 Å². The summed E-state index contributed by atoms with van der Waals surface area (Å²) in [5, 5.41) is 9.93. The minimum atomic E-state index is -0.386. The monoisotopic (exact) mass is 234 g/mol. The smallest absolute Gasteiger partial charge is 0.0717 e. The number of benzene rings is 1. The number of rotatable bonds is 7. The molecule has 0 spiro atoms. The molecule has 0 aliphatic carbocycles. The summed E-state index contributed by atoms with van der Waals surface area (Å²) in [6.45, 7) is 8.81. The molecule has 0 saturated heterocycles. The maximum absolute atomic E-state index is 9.93. The van der Waals surface area contributed by atoms with Gasteiger partial charge in [0.25, 0.3) is 0 Å². The Bertz CT molecular complexity index is 321. The van der Waals surface area contributed by atoms with E-state index in [4.69, 9.17) is 4.74 Å². The first kappa shape index (κ1) is 13.9. The standard InChI is InChI=1S/C15H22O2/c1-4-12(2)15(16)13(3)10-17-11-14-8-6-5-7-9-14/h4-9,12-13,15-16H,1,10-11H2,2-3H3/t12-,13-,15-/m1/s1. The summed E-state index contributed by atoms with van der Waals surface area (Å²) in [5.41, 5.74) is 1.16. The largest absolute Gasteiger partial charge is 0.392 e. The van der Waals surface area contributed by atoms with Crippen molar-refractivity contribution in [2.45, 2.75) is 26.6 Å². The molecule has 0 amide bonds. The Morgan fingerprint density at radius 2 is 1.94 bits per heavy atom. The van der Waals surface area contributed by atoms with Gasteiger partial charge in [-0.2, -0.15) is 0 Å². The van der Waals surface area contributed by atoms with Gasteiger partial charge in [0, 0.05) is 11.8 Å². The molecule has 2 heteroatoms. The van der Waals surface area contributed by atoms with Crippen LogP contribution in [-0.2, 0) is 11.3 Å². The summed E-state index contributed by atoms with van der Waals surface area (Å²) < 4.78 is 5.60. The molecule has 0 aliphatic rings. The van der Waals surface area contributed by atoms with E-state index in [9.17, 15) is 5.11 Å². The Hall–Kier alpha value is -1.12. The van der Waals surface area contributed by atoms with Crippen molar-refractivity contribution in [3.63, 3.8) is 0 Å². The minimum Gasteiger partial charge on any atom is -0.392 e. The van der Waals surface area contributed by atoms with Gasteiger partial charge in [-0.05, 0) is 5.56 Å². The van der Waals surface area contributed by atoms with Gasteiger partial charge in [-0.3, -0.25) is 0 Å². The van der Waals surface area contributed by atoms with E-state index in [2.05, 4.69) is 6.58 Å². The lowest BCUT2D eigenvalue weighted by atomic mass is 9.94. The molecule has 1 rings (SSSR count). The van der Waals surface area contributed by atoms with Crippen LogP contribution in [0.3, 0.4) is 0 Å². The van der Waals surface area contributed by atoms with Crippen LogP contribution in [0.1, 0.15) is 19.4 Å². The second-order valence-electron chi connectivity index (χ2n) is 4.56. The van der Waals surface area contributed by atoms with Gasteiger partial charge in [0.05, 0.1) is 19.3 Å². The van der Waals surface area contributed by atoms with Crippen LogP contribution in [0.5, 0.6) is 0 Å². The first-order chi connectivity index (χ1) is 8.15. The van der Waals surface area contributed by atoms with Crippen LogP contribution in [0.25, 0.3) is 0 Å². The van der Waals surface area contributed by atoms with Crippen molar-refractivity contribution in [2.24, 2.45) is 11.8 Å². The van der Waals surface area contributed by atoms with Crippen molar-refractivity contribution in [3.05, 3.63) is 48.6 Å². The molecule has 1 aromatic rings. The zero-order chi connectivity index (χ0) is 12.7. The number of ether oxygens (including phenoxy) is 1. The SMILES string of the molecule is C=C[C@@H](C)[C@@H](O)[C@H](C)COCc1ccccc1. The van der Waals surface area contributed by atoms with Gasteiger partial charge < -0.3 is 9.84 Å². The molecule has 2 nitrogen and oxygen atoms in total. The van der Waals surface area contributed by atoms with E-state index in [0.717, 1.165) is 5.56 Å². The van der Waals surface area contributed by atoms with Gasteiger partial charge >= 0.3 is 0 Å². The molecular formula is C15H22O2. The van der Waals surface area contributed by atoms with Crippen molar-refractivity contribution in [2.75, 3.05) is 6.61 Å². The molecule has 0 saturated carbocycles. The van der Waals surface area contributed by atoms with E-state index in [1.54, 1.807) is 6.08 Å². The average molecular weight is 234 g/mol. The summed E-state index contributed by atoms with van der Waals surface area (Å²) in [7, 11) is 0. The summed E-state index contributed by atoms with van der Waals surface area (Å²) in [4.78, 5) is 0. The fraction of sp³-hybridized carbons (Fsp3) is 0.467. The van der Waals surface area contributed by atoms with Crippen molar-refractivity contribution >= 4 is 0 Å². The zero-order valence-corrected chi connectivity index (χ0v) is 10.7. The third-order valence-electron chi connectivity index (χ3n) is 2.99. The van der Waals surface area contributed by atoms with Gasteiger partial charge in [0.1, 0.15) is 0 Å². The number of aliphatic hydroxyl groups is 1. The van der Waals surface area contributed by atoms with Crippen LogP contribution in [0.15, 0.2) is 43.0 Å². The lowest BCUT2D eigenvalue weighted by Gasteiger charge is -2.22. The maximum Gasteiger partial charge on any atom is 0.0717 e. The Balaban J connectivity index is 2.29. The predicted octanol–water partition coefficient (Wildman–Crippen LogP) is 3.02. The first-order valence-electron chi connectivity index (χ1n) is 6.07. The van der Waals surface area contributed by atoms with E-state index in [-0.39, 0.29) is 17.9 Å². The summed E-state index contributed by atoms with van der Waals surface area (Å²) in [6, 6.07) is 10.1. The second kappa shape index (κ2) is 7.25. The molecule has 3 atom stereocenters. The second-order valence-corrected chi connectivity index (χ2v) is 4.56. The normalized spacial score (nSPS) is 16.2. The number of aliphatic hydroxyl groups excluding tert-OH is 1. The third-order valence-corrected chi connectivity index (χ3v) is 2.99. The molecular weight excluding hydrogens is 212 g/mol. The van der Waals surface area contributed by atoms with Gasteiger partial charge in [0.15, 0.2) is 0 Å². The highest BCUT2D eigenvalue weighted by Crippen LogP contribution is 2.14. The van der Waals surface area contributed by atoms with Crippen LogP contribution in [0.4, 0.5) is 0 Å². The molecule has 0 radical (unpaired) electrons. The van der Waals surface area contributed by atoms with E-state index in [0.29, 0.717) is 13.2 Å². The Kier molecular flexibility index (Phi) is 5.95. The Morgan fingerprint density at radius 1 is 1.29 bits per heavy atom. The Morgan fingerprint density at radius 3 is 2.53 bits per heavy atom. The van der Waals surface area contributed by atoms with E-state index < -0.39 is 0 Å². The number of hydrogen-bond acceptors (Lipinski definition) is 2. The molecule has 0 unspecified atom stereocenters. The van der Waals surface area contributed by atoms with E-state index >= 15 is 0 Å². The molecule has 0 bridgehead atoms. The topological polar surface area (TPSA) is 29.5 Å². The fourth-order valence-electron chi connectivity index (χ4n) is 1.69. The molecule has 0 aliphatic heterocycles. The highest BCUT2D eigenvalue weighted by Gasteiger charge is 2.18. The van der Waals surface area contributed by atoms with E-state index in [1.807, 2.05) is 44.2 Å². The van der Waals surface area contributed by atoms with Crippen molar-refractivity contribution in [1.82, 2.24) is 0 Å². The maximum atomic E-state index is 9.93. The van der Waals surface area contributed by atoms with Crippen molar-refractivity contribution < 1.29 is 9.84 Å². The quantitative estimate of drug-likeness (QED) is 0.735. The fourth-order valence-corrected chi connectivity index (χ4v) is 1.69. The van der Waals surface area contributed by atoms with Crippen LogP contribution in [0.2, 0.25) is 0 Å². The third kappa shape index (κ3) is 4.72.